The molecule has 0 bridgehead atoms. The normalized spacial score (nSPS) is 19.9. The van der Waals surface area contributed by atoms with Gasteiger partial charge < -0.3 is 4.90 Å². The highest BCUT2D eigenvalue weighted by Gasteiger charge is 2.29. The fraction of sp³-hybridized carbons (Fsp3) is 0.632. The van der Waals surface area contributed by atoms with E-state index in [1.165, 1.54) is 10.7 Å². The molecule has 2 aliphatic rings. The summed E-state index contributed by atoms with van der Waals surface area (Å²) in [5.41, 5.74) is 0.479. The van der Waals surface area contributed by atoms with Crippen molar-refractivity contribution in [1.82, 2.24) is 9.21 Å². The zero-order chi connectivity index (χ0) is 17.9. The van der Waals surface area contributed by atoms with Gasteiger partial charge in [0, 0.05) is 31.2 Å². The first kappa shape index (κ1) is 18.4. The molecule has 1 aromatic rings. The molecule has 0 unspecified atom stereocenters. The van der Waals surface area contributed by atoms with Crippen molar-refractivity contribution in [1.29, 1.82) is 0 Å². The Labute approximate surface area is 151 Å². The van der Waals surface area contributed by atoms with Gasteiger partial charge in [-0.3, -0.25) is 4.79 Å². The molecule has 2 fully saturated rings. The summed E-state index contributed by atoms with van der Waals surface area (Å²) in [5, 5.41) is 0. The van der Waals surface area contributed by atoms with E-state index in [2.05, 4.69) is 0 Å². The van der Waals surface area contributed by atoms with E-state index in [0.717, 1.165) is 38.5 Å². The third kappa shape index (κ3) is 3.90. The van der Waals surface area contributed by atoms with Gasteiger partial charge in [0.15, 0.2) is 0 Å². The molecular weight excluding hydrogens is 336 g/mol. The van der Waals surface area contributed by atoms with Crippen molar-refractivity contribution in [3.05, 3.63) is 29.8 Å². The summed E-state index contributed by atoms with van der Waals surface area (Å²) in [6.07, 6.45) is 7.48. The molecule has 1 heterocycles. The largest absolute Gasteiger partial charge is 0.336 e. The first-order valence-electron chi connectivity index (χ1n) is 9.45. The fourth-order valence-electron chi connectivity index (χ4n) is 3.99. The summed E-state index contributed by atoms with van der Waals surface area (Å²) in [7, 11) is -3.49. The van der Waals surface area contributed by atoms with Crippen LogP contribution in [0.5, 0.6) is 0 Å². The maximum absolute atomic E-state index is 13.0. The van der Waals surface area contributed by atoms with E-state index in [-0.39, 0.29) is 16.8 Å². The Morgan fingerprint density at radius 1 is 1.12 bits per heavy atom. The second-order valence-electron chi connectivity index (χ2n) is 7.02. The molecule has 0 atom stereocenters. The van der Waals surface area contributed by atoms with Gasteiger partial charge in [0.1, 0.15) is 0 Å². The van der Waals surface area contributed by atoms with Crippen molar-refractivity contribution in [2.24, 2.45) is 0 Å². The number of benzene rings is 1. The quantitative estimate of drug-likeness (QED) is 0.806. The van der Waals surface area contributed by atoms with Crippen LogP contribution in [0.3, 0.4) is 0 Å². The molecule has 1 saturated carbocycles. The summed E-state index contributed by atoms with van der Waals surface area (Å²) in [5.74, 6) is -0.0483. The molecule has 1 aromatic carbocycles. The predicted octanol–water partition coefficient (Wildman–Crippen LogP) is 3.27. The fourth-order valence-corrected chi connectivity index (χ4v) is 5.56. The minimum Gasteiger partial charge on any atom is -0.336 e. The van der Waals surface area contributed by atoms with E-state index >= 15 is 0 Å². The molecule has 0 spiro atoms. The number of amides is 1. The molecule has 25 heavy (non-hydrogen) atoms. The van der Waals surface area contributed by atoms with Crippen LogP contribution in [0.25, 0.3) is 0 Å². The van der Waals surface area contributed by atoms with Crippen molar-refractivity contribution < 1.29 is 13.2 Å². The second kappa shape index (κ2) is 7.87. The number of carbonyl (C=O) groups is 1. The Hall–Kier alpha value is -1.40. The number of sulfonamides is 1. The first-order chi connectivity index (χ1) is 12.0. The number of carbonyl (C=O) groups excluding carboxylic acids is 1. The Morgan fingerprint density at radius 3 is 2.44 bits per heavy atom. The van der Waals surface area contributed by atoms with Gasteiger partial charge in [0.25, 0.3) is 5.91 Å². The number of hydrogen-bond donors (Lipinski definition) is 0. The lowest BCUT2D eigenvalue weighted by atomic mass is 9.93. The molecule has 0 N–H and O–H groups in total. The van der Waals surface area contributed by atoms with Gasteiger partial charge in [-0.15, -0.1) is 0 Å². The average Bonchev–Trinajstić information content (AvgIpc) is 3.19. The van der Waals surface area contributed by atoms with Crippen molar-refractivity contribution in [2.75, 3.05) is 19.6 Å². The average molecular weight is 365 g/mol. The van der Waals surface area contributed by atoms with E-state index in [9.17, 15) is 13.2 Å². The van der Waals surface area contributed by atoms with Gasteiger partial charge >= 0.3 is 0 Å². The molecule has 6 heteroatoms. The molecule has 5 nitrogen and oxygen atoms in total. The van der Waals surface area contributed by atoms with E-state index in [4.69, 9.17) is 0 Å². The topological polar surface area (TPSA) is 57.7 Å². The lowest BCUT2D eigenvalue weighted by Crippen LogP contribution is -2.41. The smallest absolute Gasteiger partial charge is 0.254 e. The molecule has 1 amide bonds. The highest BCUT2D eigenvalue weighted by molar-refractivity contribution is 7.89. The number of nitrogens with zero attached hydrogens (tertiary/aromatic N) is 2. The highest BCUT2D eigenvalue weighted by Crippen LogP contribution is 2.26. The standard InChI is InChI=1S/C19H28N2O3S/c1-2-21(17-10-4-3-5-11-17)19(22)16-9-8-12-18(15-16)25(23,24)20-13-6-7-14-20/h8-9,12,15,17H,2-7,10-11,13-14H2,1H3. The van der Waals surface area contributed by atoms with Gasteiger partial charge in [-0.05, 0) is 50.8 Å². The Kier molecular flexibility index (Phi) is 5.79. The molecule has 138 valence electrons. The van der Waals surface area contributed by atoms with Gasteiger partial charge in [-0.1, -0.05) is 25.3 Å². The van der Waals surface area contributed by atoms with Crippen molar-refractivity contribution >= 4 is 15.9 Å². The SMILES string of the molecule is CCN(C(=O)c1cccc(S(=O)(=O)N2CCCC2)c1)C1CCCCC1. The zero-order valence-corrected chi connectivity index (χ0v) is 15.8. The van der Waals surface area contributed by atoms with Crippen molar-refractivity contribution in [3.8, 4) is 0 Å². The lowest BCUT2D eigenvalue weighted by Gasteiger charge is -2.33. The molecule has 1 saturated heterocycles. The first-order valence-corrected chi connectivity index (χ1v) is 10.9. The van der Waals surface area contributed by atoms with Crippen molar-refractivity contribution in [2.45, 2.75) is 62.8 Å². The summed E-state index contributed by atoms with van der Waals surface area (Å²) in [6, 6.07) is 6.86. The van der Waals surface area contributed by atoms with Crippen LogP contribution in [0.4, 0.5) is 0 Å². The maximum Gasteiger partial charge on any atom is 0.254 e. The number of rotatable bonds is 5. The van der Waals surface area contributed by atoms with Crippen LogP contribution < -0.4 is 0 Å². The van der Waals surface area contributed by atoms with Gasteiger partial charge in [-0.2, -0.15) is 4.31 Å². The van der Waals surface area contributed by atoms with E-state index in [1.807, 2.05) is 11.8 Å². The monoisotopic (exact) mass is 364 g/mol. The molecule has 3 rings (SSSR count). The van der Waals surface area contributed by atoms with Crippen LogP contribution in [0.15, 0.2) is 29.2 Å². The minimum atomic E-state index is -3.49. The van der Waals surface area contributed by atoms with E-state index in [1.54, 1.807) is 24.3 Å². The van der Waals surface area contributed by atoms with Crippen molar-refractivity contribution in [3.63, 3.8) is 0 Å². The molecule has 1 aliphatic heterocycles. The second-order valence-corrected chi connectivity index (χ2v) is 8.96. The van der Waals surface area contributed by atoms with Crippen LogP contribution in [0, 0.1) is 0 Å². The van der Waals surface area contributed by atoms with Crippen LogP contribution in [0.2, 0.25) is 0 Å². The summed E-state index contributed by atoms with van der Waals surface area (Å²) in [6.45, 7) is 3.80. The molecule has 0 radical (unpaired) electrons. The minimum absolute atomic E-state index is 0.0483. The highest BCUT2D eigenvalue weighted by atomic mass is 32.2. The summed E-state index contributed by atoms with van der Waals surface area (Å²) in [4.78, 5) is 15.1. The van der Waals surface area contributed by atoms with Crippen LogP contribution >= 0.6 is 0 Å². The molecule has 1 aliphatic carbocycles. The van der Waals surface area contributed by atoms with Crippen LogP contribution in [-0.2, 0) is 10.0 Å². The predicted molar refractivity (Wildman–Crippen MR) is 98.0 cm³/mol. The van der Waals surface area contributed by atoms with E-state index < -0.39 is 10.0 Å². The maximum atomic E-state index is 13.0. The Morgan fingerprint density at radius 2 is 1.80 bits per heavy atom. The Bertz CT molecular complexity index is 705. The lowest BCUT2D eigenvalue weighted by molar-refractivity contribution is 0.0647. The molecule has 0 aromatic heterocycles. The third-order valence-electron chi connectivity index (χ3n) is 5.40. The molecular formula is C19H28N2O3S. The summed E-state index contributed by atoms with van der Waals surface area (Å²) < 4.78 is 27.0. The van der Waals surface area contributed by atoms with Crippen LogP contribution in [-0.4, -0.2) is 49.2 Å². The van der Waals surface area contributed by atoms with Gasteiger partial charge in [0.2, 0.25) is 10.0 Å². The van der Waals surface area contributed by atoms with Crippen LogP contribution in [0.1, 0.15) is 62.2 Å². The Balaban J connectivity index is 1.83. The summed E-state index contributed by atoms with van der Waals surface area (Å²) >= 11 is 0. The van der Waals surface area contributed by atoms with Gasteiger partial charge in [0.05, 0.1) is 4.90 Å². The number of hydrogen-bond acceptors (Lipinski definition) is 3. The zero-order valence-electron chi connectivity index (χ0n) is 15.0. The third-order valence-corrected chi connectivity index (χ3v) is 7.30. The van der Waals surface area contributed by atoms with E-state index in [0.29, 0.717) is 25.2 Å². The van der Waals surface area contributed by atoms with Gasteiger partial charge in [-0.25, -0.2) is 8.42 Å².